The first-order valence-electron chi connectivity index (χ1n) is 7.56. The molecule has 0 unspecified atom stereocenters. The maximum absolute atomic E-state index is 11.6. The van der Waals surface area contributed by atoms with E-state index in [2.05, 4.69) is 5.32 Å². The van der Waals surface area contributed by atoms with Crippen molar-refractivity contribution in [1.82, 2.24) is 5.32 Å². The van der Waals surface area contributed by atoms with Crippen molar-refractivity contribution >= 4 is 23.9 Å². The van der Waals surface area contributed by atoms with Crippen LogP contribution in [0, 0.1) is 0 Å². The topological polar surface area (TPSA) is 117 Å². The molecule has 0 spiro atoms. The number of primary amides is 1. The number of methoxy groups -OCH3 is 1. The molecule has 0 aliphatic rings. The molecule has 0 aliphatic heterocycles. The number of nitrogens with one attached hydrogen (secondary N) is 1. The second kappa shape index (κ2) is 9.96. The van der Waals surface area contributed by atoms with Gasteiger partial charge in [0.1, 0.15) is 0 Å². The van der Waals surface area contributed by atoms with Gasteiger partial charge in [-0.3, -0.25) is 9.59 Å². The summed E-state index contributed by atoms with van der Waals surface area (Å²) in [4.78, 5) is 33.4. The molecule has 25 heavy (non-hydrogen) atoms. The summed E-state index contributed by atoms with van der Waals surface area (Å²) in [5, 5.41) is 2.20. The lowest BCUT2D eigenvalue weighted by atomic mass is 10.2. The van der Waals surface area contributed by atoms with Crippen molar-refractivity contribution in [3.05, 3.63) is 29.8 Å². The number of esters is 1. The standard InChI is InChI=1S/C17H22N2O6/c1-11(2)25-13-6-4-12(8-14(13)23-3)5-7-17(22)24-10-16(21)19-9-15(18)20/h4-8,11H,9-10H2,1-3H3,(H2,18,20)(H,19,21)/b7-5+. The fraction of sp³-hybridized carbons (Fsp3) is 0.353. The van der Waals surface area contributed by atoms with Gasteiger partial charge in [0, 0.05) is 6.08 Å². The molecule has 0 saturated heterocycles. The predicted molar refractivity (Wildman–Crippen MR) is 91.0 cm³/mol. The van der Waals surface area contributed by atoms with Crippen LogP contribution in [0.3, 0.4) is 0 Å². The van der Waals surface area contributed by atoms with Gasteiger partial charge in [0.05, 0.1) is 19.8 Å². The van der Waals surface area contributed by atoms with Gasteiger partial charge in [0.2, 0.25) is 5.91 Å². The summed E-state index contributed by atoms with van der Waals surface area (Å²) >= 11 is 0. The number of ether oxygens (including phenoxy) is 3. The number of rotatable bonds is 9. The maximum atomic E-state index is 11.6. The maximum Gasteiger partial charge on any atom is 0.331 e. The van der Waals surface area contributed by atoms with Crippen LogP contribution in [-0.2, 0) is 19.1 Å². The summed E-state index contributed by atoms with van der Waals surface area (Å²) in [7, 11) is 1.52. The Morgan fingerprint density at radius 2 is 1.96 bits per heavy atom. The molecule has 0 aromatic heterocycles. The molecule has 0 aliphatic carbocycles. The molecular weight excluding hydrogens is 328 g/mol. The van der Waals surface area contributed by atoms with Crippen molar-refractivity contribution in [2.75, 3.05) is 20.3 Å². The van der Waals surface area contributed by atoms with Crippen LogP contribution in [0.1, 0.15) is 19.4 Å². The van der Waals surface area contributed by atoms with Crippen LogP contribution in [0.15, 0.2) is 24.3 Å². The van der Waals surface area contributed by atoms with Crippen molar-refractivity contribution < 1.29 is 28.6 Å². The number of hydrogen-bond donors (Lipinski definition) is 2. The van der Waals surface area contributed by atoms with E-state index < -0.39 is 24.4 Å². The van der Waals surface area contributed by atoms with E-state index in [1.165, 1.54) is 19.3 Å². The Morgan fingerprint density at radius 1 is 1.24 bits per heavy atom. The summed E-state index contributed by atoms with van der Waals surface area (Å²) in [6, 6.07) is 5.20. The molecular formula is C17H22N2O6. The van der Waals surface area contributed by atoms with Gasteiger partial charge in [-0.15, -0.1) is 0 Å². The highest BCUT2D eigenvalue weighted by Gasteiger charge is 2.08. The number of carbonyl (C=O) groups excluding carboxylic acids is 3. The third-order valence-corrected chi connectivity index (χ3v) is 2.77. The molecule has 2 amide bonds. The quantitative estimate of drug-likeness (QED) is 0.499. The van der Waals surface area contributed by atoms with Gasteiger partial charge in [0.15, 0.2) is 18.1 Å². The van der Waals surface area contributed by atoms with E-state index in [1.807, 2.05) is 13.8 Å². The molecule has 0 radical (unpaired) electrons. The van der Waals surface area contributed by atoms with E-state index in [-0.39, 0.29) is 12.6 Å². The normalized spacial score (nSPS) is 10.6. The van der Waals surface area contributed by atoms with Crippen LogP contribution in [0.5, 0.6) is 11.5 Å². The van der Waals surface area contributed by atoms with Crippen molar-refractivity contribution in [1.29, 1.82) is 0 Å². The van der Waals surface area contributed by atoms with Crippen LogP contribution in [0.25, 0.3) is 6.08 Å². The van der Waals surface area contributed by atoms with Gasteiger partial charge in [-0.2, -0.15) is 0 Å². The molecule has 1 aromatic carbocycles. The Bertz CT molecular complexity index is 655. The molecule has 0 fully saturated rings. The summed E-state index contributed by atoms with van der Waals surface area (Å²) in [5.74, 6) is -0.857. The highest BCUT2D eigenvalue weighted by molar-refractivity contribution is 5.90. The number of benzene rings is 1. The summed E-state index contributed by atoms with van der Waals surface area (Å²) < 4.78 is 15.6. The number of nitrogens with two attached hydrogens (primary N) is 1. The zero-order valence-electron chi connectivity index (χ0n) is 14.4. The van der Waals surface area contributed by atoms with Gasteiger partial charge in [0.25, 0.3) is 5.91 Å². The largest absolute Gasteiger partial charge is 0.493 e. The Labute approximate surface area is 145 Å². The van der Waals surface area contributed by atoms with E-state index in [9.17, 15) is 14.4 Å². The molecule has 0 heterocycles. The van der Waals surface area contributed by atoms with E-state index in [1.54, 1.807) is 18.2 Å². The highest BCUT2D eigenvalue weighted by atomic mass is 16.5. The Morgan fingerprint density at radius 3 is 2.56 bits per heavy atom. The Balaban J connectivity index is 2.58. The third-order valence-electron chi connectivity index (χ3n) is 2.77. The van der Waals surface area contributed by atoms with Crippen LogP contribution in [0.2, 0.25) is 0 Å². The number of hydrogen-bond acceptors (Lipinski definition) is 6. The Kier molecular flexibility index (Phi) is 7.98. The van der Waals surface area contributed by atoms with Gasteiger partial charge in [-0.25, -0.2) is 4.79 Å². The fourth-order valence-electron chi connectivity index (χ4n) is 1.72. The monoisotopic (exact) mass is 350 g/mol. The van der Waals surface area contributed by atoms with Crippen LogP contribution < -0.4 is 20.5 Å². The minimum absolute atomic E-state index is 0.00554. The van der Waals surface area contributed by atoms with E-state index in [4.69, 9.17) is 19.9 Å². The first kappa shape index (κ1) is 20.0. The molecule has 8 heteroatoms. The first-order chi connectivity index (χ1) is 11.8. The lowest BCUT2D eigenvalue weighted by Gasteiger charge is -2.13. The van der Waals surface area contributed by atoms with E-state index in [0.717, 1.165) is 0 Å². The minimum Gasteiger partial charge on any atom is -0.493 e. The molecule has 1 rings (SSSR count). The smallest absolute Gasteiger partial charge is 0.331 e. The summed E-state index contributed by atoms with van der Waals surface area (Å²) in [6.07, 6.45) is 2.70. The molecule has 0 bridgehead atoms. The zero-order chi connectivity index (χ0) is 18.8. The minimum atomic E-state index is -0.698. The average Bonchev–Trinajstić information content (AvgIpc) is 2.56. The highest BCUT2D eigenvalue weighted by Crippen LogP contribution is 2.29. The van der Waals surface area contributed by atoms with Crippen molar-refractivity contribution in [2.24, 2.45) is 5.73 Å². The molecule has 0 saturated carbocycles. The average molecular weight is 350 g/mol. The number of carbonyl (C=O) groups is 3. The SMILES string of the molecule is COc1cc(/C=C/C(=O)OCC(=O)NCC(N)=O)ccc1OC(C)C. The molecule has 8 nitrogen and oxygen atoms in total. The Hall–Kier alpha value is -3.03. The van der Waals surface area contributed by atoms with Gasteiger partial charge >= 0.3 is 5.97 Å². The molecule has 0 atom stereocenters. The number of amides is 2. The molecule has 136 valence electrons. The van der Waals surface area contributed by atoms with E-state index in [0.29, 0.717) is 17.1 Å². The predicted octanol–water partition coefficient (Wildman–Crippen LogP) is 0.640. The van der Waals surface area contributed by atoms with Crippen molar-refractivity contribution in [3.8, 4) is 11.5 Å². The van der Waals surface area contributed by atoms with E-state index >= 15 is 0 Å². The summed E-state index contributed by atoms with van der Waals surface area (Å²) in [5.41, 5.74) is 5.58. The van der Waals surface area contributed by atoms with Crippen LogP contribution >= 0.6 is 0 Å². The van der Waals surface area contributed by atoms with Gasteiger partial charge in [-0.05, 0) is 37.6 Å². The molecule has 1 aromatic rings. The van der Waals surface area contributed by atoms with Crippen LogP contribution in [0.4, 0.5) is 0 Å². The second-order valence-electron chi connectivity index (χ2n) is 5.26. The lowest BCUT2D eigenvalue weighted by molar-refractivity contribution is -0.143. The van der Waals surface area contributed by atoms with Crippen molar-refractivity contribution in [2.45, 2.75) is 20.0 Å². The van der Waals surface area contributed by atoms with Crippen LogP contribution in [-0.4, -0.2) is 44.1 Å². The zero-order valence-corrected chi connectivity index (χ0v) is 14.4. The summed E-state index contributed by atoms with van der Waals surface area (Å²) in [6.45, 7) is 3.00. The molecule has 3 N–H and O–H groups in total. The fourth-order valence-corrected chi connectivity index (χ4v) is 1.72. The first-order valence-corrected chi connectivity index (χ1v) is 7.56. The lowest BCUT2D eigenvalue weighted by Crippen LogP contribution is -2.35. The van der Waals surface area contributed by atoms with Gasteiger partial charge in [-0.1, -0.05) is 6.07 Å². The third kappa shape index (κ3) is 7.87. The van der Waals surface area contributed by atoms with Gasteiger partial charge < -0.3 is 25.3 Å². The van der Waals surface area contributed by atoms with Crippen molar-refractivity contribution in [3.63, 3.8) is 0 Å². The second-order valence-corrected chi connectivity index (χ2v) is 5.26.